The van der Waals surface area contributed by atoms with Crippen molar-refractivity contribution >= 4 is 17.9 Å². The molecule has 0 aliphatic rings. The average Bonchev–Trinajstić information content (AvgIpc) is 2.64. The van der Waals surface area contributed by atoms with Crippen molar-refractivity contribution in [2.24, 2.45) is 11.1 Å². The molecular formula is C18H18N2O5. The number of oxime groups is 1. The summed E-state index contributed by atoms with van der Waals surface area (Å²) in [5.41, 5.74) is 1.69. The van der Waals surface area contributed by atoms with Gasteiger partial charge in [0, 0.05) is 12.1 Å². The van der Waals surface area contributed by atoms with E-state index in [0.29, 0.717) is 18.4 Å². The number of nitro benzene ring substituents is 1. The fraction of sp³-hybridized carbons (Fsp3) is 0.222. The number of carbonyl (C=O) groups excluding carboxylic acids is 1. The first-order valence-corrected chi connectivity index (χ1v) is 7.71. The standard InChI is InChI=1S/C18H18N2O5/c21-18(25-13-15-7-10-17(11-8-15)20(23)24)16(12-19-22)9-6-14-4-2-1-3-5-14/h1-5,7-8,10-12,16,22H,6,9,13H2/b19-12-. The zero-order chi connectivity index (χ0) is 18.1. The van der Waals surface area contributed by atoms with E-state index in [9.17, 15) is 14.9 Å². The third kappa shape index (κ3) is 5.72. The van der Waals surface area contributed by atoms with Gasteiger partial charge in [-0.3, -0.25) is 14.9 Å². The normalized spacial score (nSPS) is 12.0. The van der Waals surface area contributed by atoms with Crippen molar-refractivity contribution < 1.29 is 19.7 Å². The fourth-order valence-corrected chi connectivity index (χ4v) is 2.28. The molecule has 0 fully saturated rings. The summed E-state index contributed by atoms with van der Waals surface area (Å²) in [7, 11) is 0. The number of rotatable bonds is 8. The number of nitro groups is 1. The van der Waals surface area contributed by atoms with Gasteiger partial charge in [0.1, 0.15) is 6.61 Å². The first kappa shape index (κ1) is 18.1. The number of non-ortho nitro benzene ring substituents is 1. The van der Waals surface area contributed by atoms with Crippen molar-refractivity contribution in [2.45, 2.75) is 19.4 Å². The Balaban J connectivity index is 1.90. The van der Waals surface area contributed by atoms with Crippen LogP contribution in [-0.2, 0) is 22.6 Å². The van der Waals surface area contributed by atoms with Crippen LogP contribution in [0, 0.1) is 16.0 Å². The van der Waals surface area contributed by atoms with E-state index in [-0.39, 0.29) is 12.3 Å². The summed E-state index contributed by atoms with van der Waals surface area (Å²) in [5.74, 6) is -1.17. The monoisotopic (exact) mass is 342 g/mol. The Hall–Kier alpha value is -3.22. The molecular weight excluding hydrogens is 324 g/mol. The van der Waals surface area contributed by atoms with Crippen LogP contribution in [0.3, 0.4) is 0 Å². The van der Waals surface area contributed by atoms with Crippen molar-refractivity contribution in [3.05, 3.63) is 75.8 Å². The molecule has 2 aromatic carbocycles. The van der Waals surface area contributed by atoms with Crippen LogP contribution in [-0.4, -0.2) is 22.3 Å². The highest BCUT2D eigenvalue weighted by molar-refractivity contribution is 5.89. The highest BCUT2D eigenvalue weighted by Gasteiger charge is 2.18. The van der Waals surface area contributed by atoms with Crippen molar-refractivity contribution in [3.8, 4) is 0 Å². The van der Waals surface area contributed by atoms with Gasteiger partial charge in [0.15, 0.2) is 0 Å². The maximum absolute atomic E-state index is 12.2. The van der Waals surface area contributed by atoms with Crippen molar-refractivity contribution in [1.82, 2.24) is 0 Å². The summed E-state index contributed by atoms with van der Waals surface area (Å²) in [6.07, 6.45) is 2.25. The van der Waals surface area contributed by atoms with Crippen molar-refractivity contribution in [2.75, 3.05) is 0 Å². The Kier molecular flexibility index (Phi) is 6.65. The SMILES string of the molecule is O=C(OCc1ccc([N+](=O)[O-])cc1)C(/C=N\O)CCc1ccccc1. The lowest BCUT2D eigenvalue weighted by Crippen LogP contribution is -2.20. The number of benzene rings is 2. The van der Waals surface area contributed by atoms with Crippen molar-refractivity contribution in [1.29, 1.82) is 0 Å². The van der Waals surface area contributed by atoms with E-state index < -0.39 is 16.8 Å². The smallest absolute Gasteiger partial charge is 0.314 e. The minimum Gasteiger partial charge on any atom is -0.460 e. The van der Waals surface area contributed by atoms with Gasteiger partial charge in [-0.15, -0.1) is 5.16 Å². The molecule has 0 aromatic heterocycles. The van der Waals surface area contributed by atoms with Gasteiger partial charge in [-0.05, 0) is 36.1 Å². The molecule has 130 valence electrons. The molecule has 1 unspecified atom stereocenters. The van der Waals surface area contributed by atoms with Gasteiger partial charge in [-0.25, -0.2) is 0 Å². The summed E-state index contributed by atoms with van der Waals surface area (Å²) in [6.45, 7) is -0.00205. The fourth-order valence-electron chi connectivity index (χ4n) is 2.28. The van der Waals surface area contributed by atoms with Crippen LogP contribution in [0.4, 0.5) is 5.69 Å². The van der Waals surface area contributed by atoms with E-state index in [1.165, 1.54) is 24.3 Å². The summed E-state index contributed by atoms with van der Waals surface area (Å²) >= 11 is 0. The number of hydrogen-bond donors (Lipinski definition) is 1. The van der Waals surface area contributed by atoms with E-state index in [1.54, 1.807) is 0 Å². The largest absolute Gasteiger partial charge is 0.460 e. The number of carbonyl (C=O) groups is 1. The lowest BCUT2D eigenvalue weighted by molar-refractivity contribution is -0.384. The van der Waals surface area contributed by atoms with Crippen molar-refractivity contribution in [3.63, 3.8) is 0 Å². The van der Waals surface area contributed by atoms with E-state index in [1.807, 2.05) is 30.3 Å². The lowest BCUT2D eigenvalue weighted by Gasteiger charge is -2.11. The van der Waals surface area contributed by atoms with Crippen LogP contribution in [0.5, 0.6) is 0 Å². The van der Waals surface area contributed by atoms with Gasteiger partial charge in [0.25, 0.3) is 5.69 Å². The number of nitrogens with zero attached hydrogens (tertiary/aromatic N) is 2. The second kappa shape index (κ2) is 9.17. The molecule has 0 aliphatic carbocycles. The van der Waals surface area contributed by atoms with Crippen LogP contribution in [0.1, 0.15) is 17.5 Å². The second-order valence-corrected chi connectivity index (χ2v) is 5.43. The highest BCUT2D eigenvalue weighted by Crippen LogP contribution is 2.15. The van der Waals surface area contributed by atoms with Crippen LogP contribution in [0.25, 0.3) is 0 Å². The summed E-state index contributed by atoms with van der Waals surface area (Å²) in [5, 5.41) is 22.3. The number of aryl methyl sites for hydroxylation is 1. The second-order valence-electron chi connectivity index (χ2n) is 5.43. The zero-order valence-corrected chi connectivity index (χ0v) is 13.4. The van der Waals surface area contributed by atoms with Gasteiger partial charge in [-0.2, -0.15) is 0 Å². The van der Waals surface area contributed by atoms with Gasteiger partial charge < -0.3 is 9.94 Å². The molecule has 25 heavy (non-hydrogen) atoms. The highest BCUT2D eigenvalue weighted by atomic mass is 16.6. The van der Waals surface area contributed by atoms with E-state index in [4.69, 9.17) is 9.94 Å². The Morgan fingerprint density at radius 2 is 1.84 bits per heavy atom. The van der Waals surface area contributed by atoms with E-state index >= 15 is 0 Å². The molecule has 0 radical (unpaired) electrons. The number of ether oxygens (including phenoxy) is 1. The Labute approximate surface area is 144 Å². The maximum Gasteiger partial charge on any atom is 0.314 e. The molecule has 1 N–H and O–H groups in total. The van der Waals surface area contributed by atoms with Gasteiger partial charge in [0.05, 0.1) is 17.1 Å². The molecule has 2 rings (SSSR count). The Morgan fingerprint density at radius 1 is 1.16 bits per heavy atom. The minimum absolute atomic E-state index is 0.00205. The molecule has 0 saturated heterocycles. The van der Waals surface area contributed by atoms with E-state index in [2.05, 4.69) is 5.16 Å². The third-order valence-corrected chi connectivity index (χ3v) is 3.66. The quantitative estimate of drug-likeness (QED) is 0.260. The Bertz CT molecular complexity index is 729. The zero-order valence-electron chi connectivity index (χ0n) is 13.4. The minimum atomic E-state index is -0.664. The average molecular weight is 342 g/mol. The maximum atomic E-state index is 12.2. The Morgan fingerprint density at radius 3 is 2.44 bits per heavy atom. The molecule has 0 aliphatic heterocycles. The molecule has 2 aromatic rings. The van der Waals surface area contributed by atoms with Gasteiger partial charge >= 0.3 is 5.97 Å². The molecule has 0 spiro atoms. The predicted octanol–water partition coefficient (Wildman–Crippen LogP) is 3.35. The molecule has 0 saturated carbocycles. The van der Waals surface area contributed by atoms with Crippen LogP contribution < -0.4 is 0 Å². The summed E-state index contributed by atoms with van der Waals surface area (Å²) in [4.78, 5) is 22.3. The summed E-state index contributed by atoms with van der Waals surface area (Å²) in [6, 6.07) is 15.4. The van der Waals surface area contributed by atoms with Crippen LogP contribution in [0.2, 0.25) is 0 Å². The topological polar surface area (TPSA) is 102 Å². The summed E-state index contributed by atoms with van der Waals surface area (Å²) < 4.78 is 5.22. The number of esters is 1. The van der Waals surface area contributed by atoms with Crippen LogP contribution in [0.15, 0.2) is 59.8 Å². The lowest BCUT2D eigenvalue weighted by atomic mass is 10.0. The van der Waals surface area contributed by atoms with E-state index in [0.717, 1.165) is 11.8 Å². The van der Waals surface area contributed by atoms with Gasteiger partial charge in [-0.1, -0.05) is 30.3 Å². The third-order valence-electron chi connectivity index (χ3n) is 3.66. The molecule has 0 bridgehead atoms. The molecule has 7 heteroatoms. The van der Waals surface area contributed by atoms with Gasteiger partial charge in [0.2, 0.25) is 0 Å². The molecule has 1 atom stereocenters. The number of hydrogen-bond acceptors (Lipinski definition) is 6. The molecule has 7 nitrogen and oxygen atoms in total. The predicted molar refractivity (Wildman–Crippen MR) is 91.4 cm³/mol. The van der Waals surface area contributed by atoms with Crippen LogP contribution >= 0.6 is 0 Å². The first-order valence-electron chi connectivity index (χ1n) is 7.71. The molecule has 0 amide bonds. The molecule has 0 heterocycles. The first-order chi connectivity index (χ1) is 12.1.